The molecule has 0 aromatic rings. The summed E-state index contributed by atoms with van der Waals surface area (Å²) in [5.41, 5.74) is 2.17. The van der Waals surface area contributed by atoms with Crippen LogP contribution in [0.3, 0.4) is 0 Å². The Balaban J connectivity index is 4.01. The van der Waals surface area contributed by atoms with Crippen molar-refractivity contribution in [2.45, 2.75) is 53.1 Å². The molecule has 0 spiro atoms. The van der Waals surface area contributed by atoms with Crippen LogP contribution in [0.5, 0.6) is 0 Å². The predicted molar refractivity (Wildman–Crippen MR) is 63.7 cm³/mol. The van der Waals surface area contributed by atoms with Crippen LogP contribution in [-0.4, -0.2) is 17.0 Å². The monoisotopic (exact) mass is 210 g/mol. The van der Waals surface area contributed by atoms with Gasteiger partial charge in [0.1, 0.15) is 5.78 Å². The highest BCUT2D eigenvalue weighted by molar-refractivity contribution is 5.75. The van der Waals surface area contributed by atoms with Crippen LogP contribution in [0.25, 0.3) is 0 Å². The number of carbonyl (C=O) groups is 1. The first-order chi connectivity index (χ1) is 6.93. The van der Waals surface area contributed by atoms with Gasteiger partial charge in [-0.15, -0.1) is 0 Å². The summed E-state index contributed by atoms with van der Waals surface area (Å²) in [4.78, 5) is 10.7. The summed E-state index contributed by atoms with van der Waals surface area (Å²) >= 11 is 0. The first-order valence-electron chi connectivity index (χ1n) is 5.41. The van der Waals surface area contributed by atoms with Crippen molar-refractivity contribution in [2.75, 3.05) is 0 Å². The molecule has 1 N–H and O–H groups in total. The number of rotatable bonds is 6. The summed E-state index contributed by atoms with van der Waals surface area (Å²) in [6.07, 6.45) is 5.51. The van der Waals surface area contributed by atoms with E-state index in [4.69, 9.17) is 0 Å². The zero-order valence-electron chi connectivity index (χ0n) is 10.2. The minimum atomic E-state index is -0.410. The molecule has 0 unspecified atom stereocenters. The van der Waals surface area contributed by atoms with Gasteiger partial charge in [-0.25, -0.2) is 0 Å². The van der Waals surface area contributed by atoms with Gasteiger partial charge < -0.3 is 9.90 Å². The van der Waals surface area contributed by atoms with E-state index in [9.17, 15) is 9.90 Å². The topological polar surface area (TPSA) is 37.3 Å². The number of ketones is 1. The fourth-order valence-electron chi connectivity index (χ4n) is 1.17. The molecule has 0 aliphatic heterocycles. The van der Waals surface area contributed by atoms with Crippen LogP contribution in [0.1, 0.15) is 47.0 Å². The fraction of sp³-hybridized carbons (Fsp3) is 0.615. The van der Waals surface area contributed by atoms with E-state index >= 15 is 0 Å². The number of hydrogen-bond acceptors (Lipinski definition) is 2. The Morgan fingerprint density at radius 1 is 1.20 bits per heavy atom. The average Bonchev–Trinajstić information content (AvgIpc) is 2.13. The van der Waals surface area contributed by atoms with E-state index in [0.29, 0.717) is 12.8 Å². The molecule has 0 amide bonds. The third-order valence-corrected chi connectivity index (χ3v) is 2.24. The highest BCUT2D eigenvalue weighted by Crippen LogP contribution is 2.09. The Morgan fingerprint density at radius 2 is 1.80 bits per heavy atom. The van der Waals surface area contributed by atoms with Crippen LogP contribution in [0.4, 0.5) is 0 Å². The molecule has 0 aromatic heterocycles. The molecule has 0 saturated carbocycles. The van der Waals surface area contributed by atoms with Gasteiger partial charge >= 0.3 is 0 Å². The number of aliphatic hydroxyl groups is 1. The van der Waals surface area contributed by atoms with Gasteiger partial charge in [-0.2, -0.15) is 0 Å². The normalized spacial score (nSPS) is 13.5. The Labute approximate surface area is 92.7 Å². The number of aliphatic hydroxyl groups excluding tert-OH is 1. The van der Waals surface area contributed by atoms with Crippen molar-refractivity contribution in [1.82, 2.24) is 0 Å². The minimum absolute atomic E-state index is 0.192. The lowest BCUT2D eigenvalue weighted by Gasteiger charge is -2.08. The van der Waals surface area contributed by atoms with Crippen LogP contribution in [0.15, 0.2) is 23.3 Å². The molecule has 0 radical (unpaired) electrons. The molecule has 1 atom stereocenters. The van der Waals surface area contributed by atoms with Gasteiger partial charge in [0.2, 0.25) is 0 Å². The summed E-state index contributed by atoms with van der Waals surface area (Å²) < 4.78 is 0. The molecule has 86 valence electrons. The molecular formula is C13H22O2. The second-order valence-electron chi connectivity index (χ2n) is 4.22. The van der Waals surface area contributed by atoms with Crippen molar-refractivity contribution in [3.63, 3.8) is 0 Å². The van der Waals surface area contributed by atoms with Crippen molar-refractivity contribution < 1.29 is 9.90 Å². The molecule has 15 heavy (non-hydrogen) atoms. The molecule has 0 saturated heterocycles. The Kier molecular flexibility index (Phi) is 6.97. The van der Waals surface area contributed by atoms with Crippen molar-refractivity contribution in [2.24, 2.45) is 0 Å². The van der Waals surface area contributed by atoms with Gasteiger partial charge in [-0.1, -0.05) is 17.7 Å². The lowest BCUT2D eigenvalue weighted by Crippen LogP contribution is -2.06. The maximum atomic E-state index is 10.7. The summed E-state index contributed by atoms with van der Waals surface area (Å²) in [5, 5.41) is 9.73. The molecular weight excluding hydrogens is 188 g/mol. The number of Topliss-reactive ketones (excluding diaryl/α,β-unsaturated/α-hetero) is 1. The molecule has 0 aromatic carbocycles. The average molecular weight is 210 g/mol. The van der Waals surface area contributed by atoms with E-state index in [1.165, 1.54) is 5.57 Å². The minimum Gasteiger partial charge on any atom is -0.388 e. The van der Waals surface area contributed by atoms with E-state index in [-0.39, 0.29) is 5.78 Å². The number of carbonyl (C=O) groups excluding carboxylic acids is 1. The van der Waals surface area contributed by atoms with Crippen LogP contribution in [-0.2, 0) is 4.79 Å². The molecule has 0 aliphatic carbocycles. The first-order valence-corrected chi connectivity index (χ1v) is 5.41. The number of allylic oxidation sites excluding steroid dienone is 2. The Bertz CT molecular complexity index is 258. The zero-order valence-corrected chi connectivity index (χ0v) is 10.2. The predicted octanol–water partition coefficient (Wildman–Crippen LogP) is 3.02. The molecule has 0 fully saturated rings. The van der Waals surface area contributed by atoms with Gasteiger partial charge in [0.05, 0.1) is 6.10 Å². The third-order valence-electron chi connectivity index (χ3n) is 2.24. The van der Waals surface area contributed by atoms with Crippen LogP contribution >= 0.6 is 0 Å². The van der Waals surface area contributed by atoms with E-state index in [0.717, 1.165) is 12.0 Å². The van der Waals surface area contributed by atoms with Crippen molar-refractivity contribution in [3.8, 4) is 0 Å². The van der Waals surface area contributed by atoms with Crippen LogP contribution in [0, 0.1) is 0 Å². The second-order valence-corrected chi connectivity index (χ2v) is 4.22. The first kappa shape index (κ1) is 14.1. The van der Waals surface area contributed by atoms with E-state index in [2.05, 4.69) is 0 Å². The van der Waals surface area contributed by atoms with Gasteiger partial charge in [0.25, 0.3) is 0 Å². The second kappa shape index (κ2) is 7.41. The van der Waals surface area contributed by atoms with Crippen molar-refractivity contribution in [1.29, 1.82) is 0 Å². The number of hydrogen-bond donors (Lipinski definition) is 1. The van der Waals surface area contributed by atoms with E-state index in [1.807, 2.05) is 32.9 Å². The Morgan fingerprint density at radius 3 is 2.27 bits per heavy atom. The Hall–Kier alpha value is -0.890. The van der Waals surface area contributed by atoms with E-state index in [1.54, 1.807) is 6.92 Å². The highest BCUT2D eigenvalue weighted by Gasteiger charge is 2.03. The highest BCUT2D eigenvalue weighted by atomic mass is 16.3. The molecule has 0 rings (SSSR count). The summed E-state index contributed by atoms with van der Waals surface area (Å²) in [6.45, 7) is 7.52. The van der Waals surface area contributed by atoms with Crippen LogP contribution in [0.2, 0.25) is 0 Å². The quantitative estimate of drug-likeness (QED) is 0.684. The molecule has 2 heteroatoms. The smallest absolute Gasteiger partial charge is 0.130 e. The molecule has 2 nitrogen and oxygen atoms in total. The van der Waals surface area contributed by atoms with Crippen molar-refractivity contribution >= 4 is 5.78 Å². The van der Waals surface area contributed by atoms with E-state index < -0.39 is 6.10 Å². The largest absolute Gasteiger partial charge is 0.388 e. The summed E-state index contributed by atoms with van der Waals surface area (Å²) in [5.74, 6) is 0.192. The van der Waals surface area contributed by atoms with Gasteiger partial charge in [0, 0.05) is 6.42 Å². The fourth-order valence-corrected chi connectivity index (χ4v) is 1.17. The summed E-state index contributed by atoms with van der Waals surface area (Å²) in [6, 6.07) is 0. The zero-order chi connectivity index (χ0) is 11.8. The van der Waals surface area contributed by atoms with Gasteiger partial charge in [-0.05, 0) is 46.1 Å². The summed E-state index contributed by atoms with van der Waals surface area (Å²) in [7, 11) is 0. The SMILES string of the molecule is CC(=O)CCC=C(C)[C@H](O)CC=C(C)C. The van der Waals surface area contributed by atoms with Gasteiger partial charge in [0.15, 0.2) is 0 Å². The third kappa shape index (κ3) is 8.13. The van der Waals surface area contributed by atoms with Crippen LogP contribution < -0.4 is 0 Å². The standard InChI is InChI=1S/C13H22O2/c1-10(2)8-9-13(15)11(3)6-5-7-12(4)14/h6,8,13,15H,5,7,9H2,1-4H3/t13-/m1/s1. The van der Waals surface area contributed by atoms with Gasteiger partial charge in [-0.3, -0.25) is 0 Å². The maximum absolute atomic E-state index is 10.7. The maximum Gasteiger partial charge on any atom is 0.130 e. The molecule has 0 bridgehead atoms. The lowest BCUT2D eigenvalue weighted by atomic mass is 10.0. The van der Waals surface area contributed by atoms with Crippen molar-refractivity contribution in [3.05, 3.63) is 23.3 Å². The molecule has 0 aliphatic rings. The lowest BCUT2D eigenvalue weighted by molar-refractivity contribution is -0.116. The molecule has 0 heterocycles.